The molecule has 1 atom stereocenters. The molecule has 11 heteroatoms. The number of fused-ring (bicyclic) bond motifs is 4. The van der Waals surface area contributed by atoms with E-state index in [9.17, 15) is 23.3 Å². The third kappa shape index (κ3) is 4.01. The van der Waals surface area contributed by atoms with Crippen LogP contribution in [0.1, 0.15) is 43.1 Å². The van der Waals surface area contributed by atoms with Crippen molar-refractivity contribution in [2.24, 2.45) is 0 Å². The molecule has 2 amide bonds. The van der Waals surface area contributed by atoms with E-state index in [-0.39, 0.29) is 11.9 Å². The molecule has 0 radical (unpaired) electrons. The lowest BCUT2D eigenvalue weighted by molar-refractivity contribution is 0.0924. The molecule has 2 aliphatic rings. The summed E-state index contributed by atoms with van der Waals surface area (Å²) in [5, 5.41) is 10.4. The predicted octanol–water partition coefficient (Wildman–Crippen LogP) is 2.62. The molecule has 6 rings (SSSR count). The minimum atomic E-state index is -3.64. The second-order valence-electron chi connectivity index (χ2n) is 9.84. The van der Waals surface area contributed by atoms with Gasteiger partial charge in [0, 0.05) is 54.9 Å². The summed E-state index contributed by atoms with van der Waals surface area (Å²) in [5.74, 6) is -0.583. The van der Waals surface area contributed by atoms with Crippen LogP contribution in [0, 0.1) is 11.3 Å². The van der Waals surface area contributed by atoms with Crippen molar-refractivity contribution in [3.8, 4) is 6.07 Å². The summed E-state index contributed by atoms with van der Waals surface area (Å²) in [7, 11) is -0.692. The fraction of sp³-hybridized carbons (Fsp3) is 0.214. The number of hydrogen-bond donors (Lipinski definition) is 1. The van der Waals surface area contributed by atoms with Gasteiger partial charge in [-0.2, -0.15) is 22.7 Å². The number of carbonyl (C=O) groups excluding carboxylic acids is 2. The lowest BCUT2D eigenvalue weighted by atomic mass is 10.1. The first kappa shape index (κ1) is 24.9. The van der Waals surface area contributed by atoms with Gasteiger partial charge in [0.2, 0.25) is 0 Å². The van der Waals surface area contributed by atoms with E-state index in [1.165, 1.54) is 14.1 Å². The average molecular weight is 541 g/mol. The predicted molar refractivity (Wildman–Crippen MR) is 145 cm³/mol. The first-order valence-electron chi connectivity index (χ1n) is 12.3. The molecule has 0 saturated carbocycles. The maximum atomic E-state index is 13.2. The van der Waals surface area contributed by atoms with Crippen LogP contribution in [-0.4, -0.2) is 54.2 Å². The van der Waals surface area contributed by atoms with Crippen LogP contribution in [0.2, 0.25) is 0 Å². The zero-order chi connectivity index (χ0) is 27.5. The number of nitrogens with one attached hydrogen (secondary N) is 1. The van der Waals surface area contributed by atoms with E-state index in [4.69, 9.17) is 0 Å². The van der Waals surface area contributed by atoms with Crippen LogP contribution in [0.15, 0.2) is 60.8 Å². The largest absolute Gasteiger partial charge is 0.340 e. The Morgan fingerprint density at radius 3 is 2.44 bits per heavy atom. The van der Waals surface area contributed by atoms with Crippen LogP contribution < -0.4 is 9.62 Å². The summed E-state index contributed by atoms with van der Waals surface area (Å²) < 4.78 is 31.0. The maximum absolute atomic E-state index is 13.2. The first-order valence-corrected chi connectivity index (χ1v) is 13.8. The van der Waals surface area contributed by atoms with Crippen LogP contribution in [0.5, 0.6) is 0 Å². The number of carbonyl (C=O) groups is 2. The molecule has 10 nitrogen and oxygen atoms in total. The van der Waals surface area contributed by atoms with Gasteiger partial charge in [-0.25, -0.2) is 9.88 Å². The number of amides is 2. The van der Waals surface area contributed by atoms with Crippen LogP contribution in [0.3, 0.4) is 0 Å². The molecular formula is C28H24N6O4S. The van der Waals surface area contributed by atoms with E-state index in [1.54, 1.807) is 42.6 Å². The molecule has 2 aromatic heterocycles. The summed E-state index contributed by atoms with van der Waals surface area (Å²) in [6.07, 6.45) is 2.46. The summed E-state index contributed by atoms with van der Waals surface area (Å²) >= 11 is 0. The van der Waals surface area contributed by atoms with E-state index < -0.39 is 22.0 Å². The van der Waals surface area contributed by atoms with Crippen LogP contribution in [-0.2, 0) is 29.6 Å². The van der Waals surface area contributed by atoms with Crippen molar-refractivity contribution in [3.63, 3.8) is 0 Å². The molecule has 0 fully saturated rings. The van der Waals surface area contributed by atoms with E-state index in [0.29, 0.717) is 41.6 Å². The van der Waals surface area contributed by atoms with Crippen molar-refractivity contribution >= 4 is 38.7 Å². The fourth-order valence-corrected chi connectivity index (χ4v) is 6.25. The normalized spacial score (nSPS) is 16.7. The SMILES string of the molecule is CN(C)S(=O)(=O)NC1Cc2c(n(Cc3cccnc3N3C(=O)c4ccccc4C3=O)c3ccc(C#N)cc23)C1. The van der Waals surface area contributed by atoms with Crippen LogP contribution in [0.4, 0.5) is 5.82 Å². The lowest BCUT2D eigenvalue weighted by Gasteiger charge is -2.20. The topological polar surface area (TPSA) is 128 Å². The Bertz CT molecular complexity index is 1800. The van der Waals surface area contributed by atoms with Gasteiger partial charge in [-0.1, -0.05) is 18.2 Å². The molecular weight excluding hydrogens is 516 g/mol. The third-order valence-electron chi connectivity index (χ3n) is 7.30. The molecule has 1 N–H and O–H groups in total. The van der Waals surface area contributed by atoms with Gasteiger partial charge in [-0.3, -0.25) is 9.59 Å². The number of pyridine rings is 1. The van der Waals surface area contributed by atoms with Gasteiger partial charge in [0.05, 0.1) is 29.3 Å². The molecule has 1 aliphatic heterocycles. The number of nitriles is 1. The third-order valence-corrected chi connectivity index (χ3v) is 8.90. The Morgan fingerprint density at radius 2 is 1.77 bits per heavy atom. The van der Waals surface area contributed by atoms with Crippen molar-refractivity contribution in [1.29, 1.82) is 5.26 Å². The van der Waals surface area contributed by atoms with Crippen LogP contribution in [0.25, 0.3) is 10.9 Å². The molecule has 4 aromatic rings. The highest BCUT2D eigenvalue weighted by Gasteiger charge is 2.38. The second kappa shape index (κ2) is 9.13. The van der Waals surface area contributed by atoms with E-state index in [0.717, 1.165) is 31.4 Å². The van der Waals surface area contributed by atoms with Gasteiger partial charge in [0.1, 0.15) is 5.82 Å². The first-order chi connectivity index (χ1) is 18.7. The zero-order valence-corrected chi connectivity index (χ0v) is 22.1. The lowest BCUT2D eigenvalue weighted by Crippen LogP contribution is -2.42. The Labute approximate surface area is 225 Å². The number of rotatable bonds is 6. The van der Waals surface area contributed by atoms with Gasteiger partial charge in [-0.15, -0.1) is 0 Å². The van der Waals surface area contributed by atoms with E-state index >= 15 is 0 Å². The van der Waals surface area contributed by atoms with Gasteiger partial charge < -0.3 is 4.57 Å². The van der Waals surface area contributed by atoms with Gasteiger partial charge >= 0.3 is 0 Å². The highest BCUT2D eigenvalue weighted by Crippen LogP contribution is 2.36. The molecule has 0 spiro atoms. The quantitative estimate of drug-likeness (QED) is 0.375. The number of anilines is 1. The summed E-state index contributed by atoms with van der Waals surface area (Å²) in [4.78, 5) is 32.0. The second-order valence-corrected chi connectivity index (χ2v) is 11.8. The fourth-order valence-electron chi connectivity index (χ4n) is 5.45. The standard InChI is InChI=1S/C28H24N6O4S/c1-32(2)39(37,38)31-19-13-23-22-12-17(15-29)9-10-24(22)33(25(23)14-19)16-18-6-5-11-30-26(18)34-27(35)20-7-3-4-8-21(20)28(34)36/h3-12,19,31H,13-14,16H2,1-2H3. The molecule has 3 heterocycles. The number of hydrogen-bond acceptors (Lipinski definition) is 6. The molecule has 0 bridgehead atoms. The van der Waals surface area contributed by atoms with E-state index in [1.807, 2.05) is 18.2 Å². The van der Waals surface area contributed by atoms with Gasteiger partial charge in [-0.05, 0) is 48.4 Å². The van der Waals surface area contributed by atoms with Crippen LogP contribution >= 0.6 is 0 Å². The summed E-state index contributed by atoms with van der Waals surface area (Å²) in [6, 6.07) is 17.6. The minimum absolute atomic E-state index is 0.260. The van der Waals surface area contributed by atoms with Gasteiger partial charge in [0.15, 0.2) is 0 Å². The number of aromatic nitrogens is 2. The Morgan fingerprint density at radius 1 is 1.05 bits per heavy atom. The molecule has 196 valence electrons. The van der Waals surface area contributed by atoms with Crippen molar-refractivity contribution in [2.75, 3.05) is 19.0 Å². The monoisotopic (exact) mass is 540 g/mol. The van der Waals surface area contributed by atoms with Crippen molar-refractivity contribution in [3.05, 3.63) is 94.3 Å². The van der Waals surface area contributed by atoms with Crippen molar-refractivity contribution < 1.29 is 18.0 Å². The Balaban J connectivity index is 1.43. The molecule has 39 heavy (non-hydrogen) atoms. The number of benzene rings is 2. The number of nitrogens with zero attached hydrogens (tertiary/aromatic N) is 5. The minimum Gasteiger partial charge on any atom is -0.340 e. The molecule has 2 aromatic carbocycles. The highest BCUT2D eigenvalue weighted by atomic mass is 32.2. The molecule has 1 aliphatic carbocycles. The highest BCUT2D eigenvalue weighted by molar-refractivity contribution is 7.87. The smallest absolute Gasteiger partial charge is 0.279 e. The molecule has 0 saturated heterocycles. The zero-order valence-electron chi connectivity index (χ0n) is 21.2. The number of imide groups is 1. The average Bonchev–Trinajstić information content (AvgIpc) is 3.53. The Hall–Kier alpha value is -4.37. The van der Waals surface area contributed by atoms with Crippen molar-refractivity contribution in [2.45, 2.75) is 25.4 Å². The summed E-state index contributed by atoms with van der Waals surface area (Å²) in [6.45, 7) is 0.293. The molecule has 1 unspecified atom stereocenters. The maximum Gasteiger partial charge on any atom is 0.279 e. The van der Waals surface area contributed by atoms with Crippen molar-refractivity contribution in [1.82, 2.24) is 18.6 Å². The van der Waals surface area contributed by atoms with Gasteiger partial charge in [0.25, 0.3) is 22.0 Å². The summed E-state index contributed by atoms with van der Waals surface area (Å²) in [5.41, 5.74) is 4.63. The Kier molecular flexibility index (Phi) is 5.84. The van der Waals surface area contributed by atoms with E-state index in [2.05, 4.69) is 20.3 Å².